The molecule has 0 spiro atoms. The van der Waals surface area contributed by atoms with Gasteiger partial charge in [-0.1, -0.05) is 17.7 Å². The predicted octanol–water partition coefficient (Wildman–Crippen LogP) is 4.55. The highest BCUT2D eigenvalue weighted by molar-refractivity contribution is 6.51. The van der Waals surface area contributed by atoms with E-state index >= 15 is 0 Å². The summed E-state index contributed by atoms with van der Waals surface area (Å²) >= 11 is 6.35. The lowest BCUT2D eigenvalue weighted by Gasteiger charge is -2.32. The van der Waals surface area contributed by atoms with Gasteiger partial charge in [0.2, 0.25) is 0 Å². The molecule has 5 heteroatoms. The third kappa shape index (κ3) is 2.23. The minimum atomic E-state index is -0.302. The summed E-state index contributed by atoms with van der Waals surface area (Å²) in [5.41, 5.74) is 1.55. The Morgan fingerprint density at radius 3 is 2.30 bits per heavy atom. The fourth-order valence-electron chi connectivity index (χ4n) is 3.29. The van der Waals surface area contributed by atoms with Crippen LogP contribution >= 0.6 is 11.6 Å². The van der Waals surface area contributed by atoms with Gasteiger partial charge < -0.3 is 9.31 Å². The van der Waals surface area contributed by atoms with Gasteiger partial charge in [-0.15, -0.1) is 0 Å². The Bertz CT molecular complexity index is 770. The molecule has 2 aromatic rings. The largest absolute Gasteiger partial charge is 0.469 e. The number of hydrogen-bond donors (Lipinski definition) is 0. The molecule has 0 amide bonds. The Balaban J connectivity index is 1.75. The van der Waals surface area contributed by atoms with Crippen LogP contribution in [0.5, 0.6) is 0 Å². The van der Waals surface area contributed by atoms with Gasteiger partial charge in [-0.3, -0.25) is 4.98 Å². The number of aromatic nitrogens is 1. The van der Waals surface area contributed by atoms with Gasteiger partial charge in [-0.25, -0.2) is 0 Å². The zero-order valence-corrected chi connectivity index (χ0v) is 14.8. The monoisotopic (exact) mass is 329 g/mol. The first-order valence-electron chi connectivity index (χ1n) is 8.16. The third-order valence-corrected chi connectivity index (χ3v) is 6.09. The second-order valence-corrected chi connectivity index (χ2v) is 8.18. The molecule has 1 saturated heterocycles. The quantitative estimate of drug-likeness (QED) is 0.757. The van der Waals surface area contributed by atoms with E-state index < -0.39 is 0 Å². The van der Waals surface area contributed by atoms with Crippen LogP contribution in [-0.2, 0) is 14.6 Å². The first-order chi connectivity index (χ1) is 10.8. The Kier molecular flexibility index (Phi) is 3.17. The van der Waals surface area contributed by atoms with Crippen LogP contribution in [0, 0.1) is 0 Å². The summed E-state index contributed by atoms with van der Waals surface area (Å²) in [7, 11) is -0.208. The Labute approximate surface area is 142 Å². The molecule has 2 fully saturated rings. The molecule has 0 N–H and O–H groups in total. The summed E-state index contributed by atoms with van der Waals surface area (Å²) in [6.45, 7) is 8.41. The SMILES string of the molecule is CC1(C)OB(C2(c3ccc4nccc(Cl)c4c3)CC2)OC1(C)C. The van der Waals surface area contributed by atoms with E-state index in [0.717, 1.165) is 28.8 Å². The zero-order valence-electron chi connectivity index (χ0n) is 14.0. The molecule has 1 saturated carbocycles. The summed E-state index contributed by atoms with van der Waals surface area (Å²) < 4.78 is 12.6. The first kappa shape index (κ1) is 15.4. The summed E-state index contributed by atoms with van der Waals surface area (Å²) in [5, 5.41) is 1.68. The van der Waals surface area contributed by atoms with Crippen molar-refractivity contribution in [1.29, 1.82) is 0 Å². The zero-order chi connectivity index (χ0) is 16.5. The number of fused-ring (bicyclic) bond motifs is 1. The van der Waals surface area contributed by atoms with Crippen molar-refractivity contribution < 1.29 is 9.31 Å². The summed E-state index contributed by atoms with van der Waals surface area (Å²) in [6.07, 6.45) is 3.89. The highest BCUT2D eigenvalue weighted by atomic mass is 35.5. The lowest BCUT2D eigenvalue weighted by Crippen LogP contribution is -2.41. The molecule has 1 aromatic carbocycles. The minimum absolute atomic E-state index is 0.0571. The highest BCUT2D eigenvalue weighted by Gasteiger charge is 2.65. The lowest BCUT2D eigenvalue weighted by atomic mass is 9.64. The molecule has 120 valence electrons. The van der Waals surface area contributed by atoms with E-state index in [2.05, 4.69) is 44.8 Å². The second kappa shape index (κ2) is 4.72. The van der Waals surface area contributed by atoms with E-state index in [9.17, 15) is 0 Å². The lowest BCUT2D eigenvalue weighted by molar-refractivity contribution is 0.00578. The molecular weight excluding hydrogens is 308 g/mol. The maximum absolute atomic E-state index is 6.35. The third-order valence-electron chi connectivity index (χ3n) is 5.76. The van der Waals surface area contributed by atoms with Gasteiger partial charge in [-0.05, 0) is 64.3 Å². The van der Waals surface area contributed by atoms with Crippen molar-refractivity contribution in [3.05, 3.63) is 41.0 Å². The molecule has 2 heterocycles. The van der Waals surface area contributed by atoms with Gasteiger partial charge in [0.15, 0.2) is 0 Å². The molecule has 23 heavy (non-hydrogen) atoms. The number of pyridine rings is 1. The molecule has 2 aliphatic rings. The van der Waals surface area contributed by atoms with Crippen LogP contribution < -0.4 is 0 Å². The van der Waals surface area contributed by atoms with Crippen molar-refractivity contribution in [1.82, 2.24) is 4.98 Å². The van der Waals surface area contributed by atoms with E-state index in [4.69, 9.17) is 20.9 Å². The van der Waals surface area contributed by atoms with Crippen molar-refractivity contribution in [3.63, 3.8) is 0 Å². The fraction of sp³-hybridized carbons (Fsp3) is 0.500. The average Bonchev–Trinajstić information content (AvgIpc) is 3.24. The smallest absolute Gasteiger partial charge is 0.403 e. The van der Waals surface area contributed by atoms with Gasteiger partial charge in [0, 0.05) is 16.9 Å². The second-order valence-electron chi connectivity index (χ2n) is 7.77. The molecule has 0 atom stereocenters. The number of halogens is 1. The Morgan fingerprint density at radius 2 is 1.70 bits per heavy atom. The van der Waals surface area contributed by atoms with Gasteiger partial charge in [0.25, 0.3) is 0 Å². The van der Waals surface area contributed by atoms with Gasteiger partial charge in [-0.2, -0.15) is 0 Å². The van der Waals surface area contributed by atoms with E-state index in [-0.39, 0.29) is 23.6 Å². The maximum Gasteiger partial charge on any atom is 0.469 e. The Morgan fingerprint density at radius 1 is 1.04 bits per heavy atom. The van der Waals surface area contributed by atoms with Crippen molar-refractivity contribution in [2.24, 2.45) is 0 Å². The van der Waals surface area contributed by atoms with E-state index in [1.807, 2.05) is 12.1 Å². The first-order valence-corrected chi connectivity index (χ1v) is 8.53. The topological polar surface area (TPSA) is 31.4 Å². The summed E-state index contributed by atoms with van der Waals surface area (Å²) in [4.78, 5) is 4.38. The van der Waals surface area contributed by atoms with Crippen LogP contribution in [0.3, 0.4) is 0 Å². The van der Waals surface area contributed by atoms with Crippen LogP contribution in [0.25, 0.3) is 10.9 Å². The van der Waals surface area contributed by atoms with Gasteiger partial charge in [0.1, 0.15) is 0 Å². The average molecular weight is 330 g/mol. The van der Waals surface area contributed by atoms with Crippen molar-refractivity contribution in [2.75, 3.05) is 0 Å². The van der Waals surface area contributed by atoms with Crippen LogP contribution in [-0.4, -0.2) is 23.3 Å². The van der Waals surface area contributed by atoms with E-state index in [0.29, 0.717) is 0 Å². The molecule has 3 nitrogen and oxygen atoms in total. The van der Waals surface area contributed by atoms with Crippen LogP contribution in [0.4, 0.5) is 0 Å². The molecule has 1 aliphatic carbocycles. The Hall–Kier alpha value is -1.10. The molecule has 1 aromatic heterocycles. The maximum atomic E-state index is 6.35. The molecule has 0 radical (unpaired) electrons. The van der Waals surface area contributed by atoms with Crippen molar-refractivity contribution in [3.8, 4) is 0 Å². The van der Waals surface area contributed by atoms with Crippen molar-refractivity contribution in [2.45, 2.75) is 57.1 Å². The minimum Gasteiger partial charge on any atom is -0.403 e. The number of benzene rings is 1. The van der Waals surface area contributed by atoms with Crippen molar-refractivity contribution >= 4 is 29.6 Å². The fourth-order valence-corrected chi connectivity index (χ4v) is 3.49. The number of rotatable bonds is 2. The molecule has 0 unspecified atom stereocenters. The normalized spacial score (nSPS) is 24.1. The van der Waals surface area contributed by atoms with Gasteiger partial charge >= 0.3 is 7.12 Å². The molecule has 4 rings (SSSR count). The number of hydrogen-bond acceptors (Lipinski definition) is 3. The summed E-state index contributed by atoms with van der Waals surface area (Å²) in [5.74, 6) is 0. The van der Waals surface area contributed by atoms with Crippen LogP contribution in [0.2, 0.25) is 5.02 Å². The standard InChI is InChI=1S/C18H21BClNO2/c1-16(2)17(3,4)23-19(22-16)18(8-9-18)12-5-6-15-13(11-12)14(20)7-10-21-15/h5-7,10-11H,8-9H2,1-4H3. The molecular formula is C18H21BClNO2. The highest BCUT2D eigenvalue weighted by Crippen LogP contribution is 2.55. The van der Waals surface area contributed by atoms with E-state index in [1.54, 1.807) is 6.20 Å². The van der Waals surface area contributed by atoms with E-state index in [1.165, 1.54) is 5.56 Å². The number of nitrogens with zero attached hydrogens (tertiary/aromatic N) is 1. The predicted molar refractivity (Wildman–Crippen MR) is 93.7 cm³/mol. The molecule has 0 bridgehead atoms. The molecule has 1 aliphatic heterocycles. The van der Waals surface area contributed by atoms with Crippen LogP contribution in [0.1, 0.15) is 46.1 Å². The van der Waals surface area contributed by atoms with Crippen LogP contribution in [0.15, 0.2) is 30.5 Å². The summed E-state index contributed by atoms with van der Waals surface area (Å²) in [6, 6.07) is 8.18. The van der Waals surface area contributed by atoms with Gasteiger partial charge in [0.05, 0.1) is 21.7 Å².